The lowest BCUT2D eigenvalue weighted by Gasteiger charge is -2.15. The van der Waals surface area contributed by atoms with Crippen LogP contribution in [-0.2, 0) is 6.61 Å². The number of hydrogen-bond donors (Lipinski definition) is 0. The minimum absolute atomic E-state index is 0.249. The van der Waals surface area contributed by atoms with Crippen LogP contribution in [0.15, 0.2) is 54.6 Å². The summed E-state index contributed by atoms with van der Waals surface area (Å²) in [5.74, 6) is 0.933. The molecule has 3 aromatic carbocycles. The van der Waals surface area contributed by atoms with Gasteiger partial charge in [0.2, 0.25) is 0 Å². The van der Waals surface area contributed by atoms with Crippen molar-refractivity contribution in [3.8, 4) is 17.6 Å². The summed E-state index contributed by atoms with van der Waals surface area (Å²) >= 11 is 18.6. The lowest BCUT2D eigenvalue weighted by Crippen LogP contribution is -2.01. The second kappa shape index (κ2) is 10.6. The Hall–Kier alpha value is -2.64. The van der Waals surface area contributed by atoms with Crippen molar-refractivity contribution in [2.24, 2.45) is 0 Å². The topological polar surface area (TPSA) is 42.2 Å². The Kier molecular flexibility index (Phi) is 7.87. The Morgan fingerprint density at radius 1 is 0.935 bits per heavy atom. The van der Waals surface area contributed by atoms with E-state index >= 15 is 0 Å². The zero-order chi connectivity index (χ0) is 22.4. The Morgan fingerprint density at radius 3 is 2.32 bits per heavy atom. The van der Waals surface area contributed by atoms with Crippen LogP contribution in [0.4, 0.5) is 0 Å². The first kappa shape index (κ1) is 23.0. The maximum Gasteiger partial charge on any atom is 0.180 e. The van der Waals surface area contributed by atoms with E-state index in [4.69, 9.17) is 44.3 Å². The molecular weight excluding hydrogens is 453 g/mol. The Balaban J connectivity index is 1.91. The van der Waals surface area contributed by atoms with E-state index in [1.807, 2.05) is 50.2 Å². The van der Waals surface area contributed by atoms with Crippen molar-refractivity contribution in [2.45, 2.75) is 20.5 Å². The number of benzene rings is 3. The van der Waals surface area contributed by atoms with Gasteiger partial charge in [-0.15, -0.1) is 0 Å². The smallest absolute Gasteiger partial charge is 0.180 e. The Labute approximate surface area is 197 Å². The van der Waals surface area contributed by atoms with Crippen molar-refractivity contribution in [3.63, 3.8) is 0 Å². The van der Waals surface area contributed by atoms with E-state index in [-0.39, 0.29) is 6.61 Å². The molecule has 0 N–H and O–H groups in total. The SMILES string of the molecule is CCOc1cc(/C=C(\C#N)c2ccc(C)cc2)cc(Cl)c1OCc1ccc(Cl)c(Cl)c1. The summed E-state index contributed by atoms with van der Waals surface area (Å²) in [5.41, 5.74) is 4.09. The molecule has 0 bridgehead atoms. The van der Waals surface area contributed by atoms with Crippen molar-refractivity contribution in [1.29, 1.82) is 5.26 Å². The molecule has 0 saturated carbocycles. The monoisotopic (exact) mass is 471 g/mol. The Bertz CT molecular complexity index is 1150. The van der Waals surface area contributed by atoms with E-state index in [2.05, 4.69) is 6.07 Å². The first-order valence-electron chi connectivity index (χ1n) is 9.63. The molecule has 0 atom stereocenters. The molecule has 0 heterocycles. The number of rotatable bonds is 7. The Morgan fingerprint density at radius 2 is 1.68 bits per heavy atom. The standard InChI is InChI=1S/C25H20Cl3NO2/c1-3-30-24-13-18(10-20(14-29)19-7-4-16(2)5-8-19)12-23(28)25(24)31-15-17-6-9-21(26)22(27)11-17/h4-13H,3,15H2,1-2H3/b20-10+. The number of hydrogen-bond acceptors (Lipinski definition) is 3. The fourth-order valence-corrected chi connectivity index (χ4v) is 3.53. The van der Waals surface area contributed by atoms with Gasteiger partial charge in [0, 0.05) is 0 Å². The average molecular weight is 473 g/mol. The molecule has 31 heavy (non-hydrogen) atoms. The molecule has 0 amide bonds. The van der Waals surface area contributed by atoms with Crippen molar-refractivity contribution >= 4 is 46.5 Å². The van der Waals surface area contributed by atoms with Crippen molar-refractivity contribution in [3.05, 3.63) is 91.9 Å². The molecule has 3 rings (SSSR count). The lowest BCUT2D eigenvalue weighted by atomic mass is 10.0. The molecule has 0 unspecified atom stereocenters. The molecule has 0 fully saturated rings. The van der Waals surface area contributed by atoms with Gasteiger partial charge in [0.05, 0.1) is 33.3 Å². The van der Waals surface area contributed by atoms with Crippen LogP contribution in [0.1, 0.15) is 29.2 Å². The minimum atomic E-state index is 0.249. The van der Waals surface area contributed by atoms with Crippen molar-refractivity contribution in [2.75, 3.05) is 6.61 Å². The molecule has 0 spiro atoms. The molecule has 6 heteroatoms. The molecule has 0 aliphatic rings. The predicted molar refractivity (Wildman–Crippen MR) is 128 cm³/mol. The van der Waals surface area contributed by atoms with E-state index in [1.165, 1.54) is 0 Å². The van der Waals surface area contributed by atoms with Crippen molar-refractivity contribution in [1.82, 2.24) is 0 Å². The van der Waals surface area contributed by atoms with Gasteiger partial charge in [-0.1, -0.05) is 70.7 Å². The fraction of sp³-hybridized carbons (Fsp3) is 0.160. The third kappa shape index (κ3) is 5.95. The normalized spacial score (nSPS) is 11.2. The van der Waals surface area contributed by atoms with Gasteiger partial charge in [-0.05, 0) is 60.9 Å². The van der Waals surface area contributed by atoms with Crippen LogP contribution in [-0.4, -0.2) is 6.61 Å². The van der Waals surface area contributed by atoms with E-state index in [9.17, 15) is 5.26 Å². The van der Waals surface area contributed by atoms with Crippen LogP contribution in [0.5, 0.6) is 11.5 Å². The highest BCUT2D eigenvalue weighted by Gasteiger charge is 2.14. The van der Waals surface area contributed by atoms with Crippen LogP contribution in [0.25, 0.3) is 11.6 Å². The quantitative estimate of drug-likeness (QED) is 0.258. The molecule has 0 aromatic heterocycles. The molecule has 158 valence electrons. The van der Waals surface area contributed by atoms with Crippen LogP contribution in [0.2, 0.25) is 15.1 Å². The van der Waals surface area contributed by atoms with Crippen LogP contribution in [0, 0.1) is 18.3 Å². The highest BCUT2D eigenvalue weighted by atomic mass is 35.5. The molecule has 0 saturated heterocycles. The minimum Gasteiger partial charge on any atom is -0.490 e. The number of ether oxygens (including phenoxy) is 2. The predicted octanol–water partition coefficient (Wildman–Crippen LogP) is 8.00. The molecule has 3 nitrogen and oxygen atoms in total. The number of nitriles is 1. The molecule has 0 aliphatic heterocycles. The first-order chi connectivity index (χ1) is 14.9. The van der Waals surface area contributed by atoms with Gasteiger partial charge < -0.3 is 9.47 Å². The molecule has 0 aliphatic carbocycles. The third-order valence-electron chi connectivity index (χ3n) is 4.49. The maximum atomic E-state index is 9.63. The second-order valence-electron chi connectivity index (χ2n) is 6.84. The summed E-state index contributed by atoms with van der Waals surface area (Å²) in [5, 5.41) is 11.0. The summed E-state index contributed by atoms with van der Waals surface area (Å²) in [4.78, 5) is 0. The zero-order valence-corrected chi connectivity index (χ0v) is 19.4. The summed E-state index contributed by atoms with van der Waals surface area (Å²) < 4.78 is 11.7. The largest absolute Gasteiger partial charge is 0.490 e. The second-order valence-corrected chi connectivity index (χ2v) is 8.06. The number of nitrogens with zero attached hydrogens (tertiary/aromatic N) is 1. The molecule has 3 aromatic rings. The summed E-state index contributed by atoms with van der Waals surface area (Å²) in [6.07, 6.45) is 1.78. The summed E-state index contributed by atoms with van der Waals surface area (Å²) in [7, 11) is 0. The lowest BCUT2D eigenvalue weighted by molar-refractivity contribution is 0.269. The van der Waals surface area contributed by atoms with Gasteiger partial charge in [0.1, 0.15) is 6.61 Å². The van der Waals surface area contributed by atoms with Gasteiger partial charge in [-0.25, -0.2) is 0 Å². The zero-order valence-electron chi connectivity index (χ0n) is 17.1. The van der Waals surface area contributed by atoms with Crippen LogP contribution in [0.3, 0.4) is 0 Å². The maximum absolute atomic E-state index is 9.63. The van der Waals surface area contributed by atoms with E-state index in [0.29, 0.717) is 38.7 Å². The average Bonchev–Trinajstić information content (AvgIpc) is 2.75. The van der Waals surface area contributed by atoms with Crippen LogP contribution < -0.4 is 9.47 Å². The summed E-state index contributed by atoms with van der Waals surface area (Å²) in [6, 6.07) is 18.9. The molecular formula is C25H20Cl3NO2. The number of allylic oxidation sites excluding steroid dienone is 1. The van der Waals surface area contributed by atoms with E-state index < -0.39 is 0 Å². The van der Waals surface area contributed by atoms with Gasteiger partial charge >= 0.3 is 0 Å². The number of aryl methyl sites for hydroxylation is 1. The highest BCUT2D eigenvalue weighted by molar-refractivity contribution is 6.42. The number of halogens is 3. The van der Waals surface area contributed by atoms with Crippen LogP contribution >= 0.6 is 34.8 Å². The highest BCUT2D eigenvalue weighted by Crippen LogP contribution is 2.38. The van der Waals surface area contributed by atoms with Gasteiger partial charge in [0.15, 0.2) is 11.5 Å². The van der Waals surface area contributed by atoms with E-state index in [0.717, 1.165) is 22.3 Å². The van der Waals surface area contributed by atoms with E-state index in [1.54, 1.807) is 24.3 Å². The first-order valence-corrected chi connectivity index (χ1v) is 10.8. The van der Waals surface area contributed by atoms with Gasteiger partial charge in [-0.2, -0.15) is 5.26 Å². The van der Waals surface area contributed by atoms with Gasteiger partial charge in [0.25, 0.3) is 0 Å². The van der Waals surface area contributed by atoms with Gasteiger partial charge in [-0.3, -0.25) is 0 Å². The fourth-order valence-electron chi connectivity index (χ4n) is 2.94. The van der Waals surface area contributed by atoms with Crippen molar-refractivity contribution < 1.29 is 9.47 Å². The summed E-state index contributed by atoms with van der Waals surface area (Å²) in [6.45, 7) is 4.57. The third-order valence-corrected chi connectivity index (χ3v) is 5.51. The molecule has 0 radical (unpaired) electrons.